The third-order valence-electron chi connectivity index (χ3n) is 2.79. The monoisotopic (exact) mass is 266 g/mol. The lowest BCUT2D eigenvalue weighted by Gasteiger charge is -2.20. The lowest BCUT2D eigenvalue weighted by atomic mass is 10.2. The maximum absolute atomic E-state index is 5.53. The van der Waals surface area contributed by atoms with Gasteiger partial charge in [-0.2, -0.15) is 0 Å². The molecule has 1 rings (SSSR count). The second kappa shape index (κ2) is 8.77. The van der Waals surface area contributed by atoms with Crippen molar-refractivity contribution >= 4 is 11.4 Å². The molecule has 108 valence electrons. The lowest BCUT2D eigenvalue weighted by Crippen LogP contribution is -2.21. The average Bonchev–Trinajstić information content (AvgIpc) is 2.39. The Morgan fingerprint density at radius 1 is 1.11 bits per heavy atom. The highest BCUT2D eigenvalue weighted by atomic mass is 16.7. The zero-order valence-corrected chi connectivity index (χ0v) is 12.5. The van der Waals surface area contributed by atoms with Gasteiger partial charge in [0.1, 0.15) is 0 Å². The molecule has 0 radical (unpaired) electrons. The minimum atomic E-state index is -0.117. The van der Waals surface area contributed by atoms with Crippen molar-refractivity contribution in [1.29, 1.82) is 0 Å². The van der Waals surface area contributed by atoms with Crippen LogP contribution in [0.4, 0.5) is 11.4 Å². The van der Waals surface area contributed by atoms with Crippen LogP contribution in [0.15, 0.2) is 24.3 Å². The summed E-state index contributed by atoms with van der Waals surface area (Å²) in [7, 11) is 4.09. The molecule has 0 saturated carbocycles. The summed E-state index contributed by atoms with van der Waals surface area (Å²) in [5, 5.41) is 3.44. The molecule has 0 saturated heterocycles. The second-order valence-corrected chi connectivity index (χ2v) is 4.47. The Bertz CT molecular complexity index is 350. The molecule has 0 unspecified atom stereocenters. The van der Waals surface area contributed by atoms with E-state index in [1.54, 1.807) is 0 Å². The van der Waals surface area contributed by atoms with E-state index in [9.17, 15) is 0 Å². The standard InChI is InChI=1S/C15H26N2O2/c1-5-18-15(19-6-2)11-12-16-13-9-7-8-10-14(13)17(3)4/h7-10,15-16H,5-6,11-12H2,1-4H3. The van der Waals surface area contributed by atoms with Crippen LogP contribution in [0.2, 0.25) is 0 Å². The van der Waals surface area contributed by atoms with E-state index in [4.69, 9.17) is 9.47 Å². The van der Waals surface area contributed by atoms with Crippen molar-refractivity contribution in [3.8, 4) is 0 Å². The molecule has 0 aliphatic heterocycles. The molecule has 1 aromatic rings. The molecule has 0 amide bonds. The van der Waals surface area contributed by atoms with Gasteiger partial charge in [0.05, 0.1) is 11.4 Å². The van der Waals surface area contributed by atoms with Gasteiger partial charge in [-0.05, 0) is 26.0 Å². The van der Waals surface area contributed by atoms with E-state index in [1.807, 2.05) is 40.1 Å². The smallest absolute Gasteiger partial charge is 0.159 e. The Kier molecular flexibility index (Phi) is 7.30. The quantitative estimate of drug-likeness (QED) is 0.697. The van der Waals surface area contributed by atoms with Gasteiger partial charge in [-0.1, -0.05) is 12.1 Å². The summed E-state index contributed by atoms with van der Waals surface area (Å²) in [6.45, 7) is 6.16. The van der Waals surface area contributed by atoms with Gasteiger partial charge in [-0.25, -0.2) is 0 Å². The molecular formula is C15H26N2O2. The van der Waals surface area contributed by atoms with Crippen molar-refractivity contribution in [2.45, 2.75) is 26.6 Å². The summed E-state index contributed by atoms with van der Waals surface area (Å²) in [6.07, 6.45) is 0.720. The van der Waals surface area contributed by atoms with Crippen molar-refractivity contribution in [3.63, 3.8) is 0 Å². The molecule has 1 aromatic carbocycles. The van der Waals surface area contributed by atoms with Crippen LogP contribution >= 0.6 is 0 Å². The molecular weight excluding hydrogens is 240 g/mol. The SMILES string of the molecule is CCOC(CCNc1ccccc1N(C)C)OCC. The summed E-state index contributed by atoms with van der Waals surface area (Å²) in [5.41, 5.74) is 2.33. The van der Waals surface area contributed by atoms with Crippen LogP contribution in [0.5, 0.6) is 0 Å². The highest BCUT2D eigenvalue weighted by Gasteiger charge is 2.08. The van der Waals surface area contributed by atoms with Crippen LogP contribution in [0.1, 0.15) is 20.3 Å². The number of ether oxygens (including phenoxy) is 2. The molecule has 0 aliphatic rings. The van der Waals surface area contributed by atoms with E-state index >= 15 is 0 Å². The molecule has 0 aliphatic carbocycles. The first-order chi connectivity index (χ1) is 9.19. The number of hydrogen-bond acceptors (Lipinski definition) is 4. The first-order valence-corrected chi connectivity index (χ1v) is 6.92. The fraction of sp³-hybridized carbons (Fsp3) is 0.600. The summed E-state index contributed by atoms with van der Waals surface area (Å²) in [6, 6.07) is 8.28. The summed E-state index contributed by atoms with van der Waals surface area (Å²) in [5.74, 6) is 0. The minimum Gasteiger partial charge on any atom is -0.383 e. The van der Waals surface area contributed by atoms with Crippen LogP contribution < -0.4 is 10.2 Å². The molecule has 1 N–H and O–H groups in total. The molecule has 4 heteroatoms. The largest absolute Gasteiger partial charge is 0.383 e. The van der Waals surface area contributed by atoms with Gasteiger partial charge in [0.15, 0.2) is 6.29 Å². The lowest BCUT2D eigenvalue weighted by molar-refractivity contribution is -0.137. The first kappa shape index (κ1) is 15.8. The van der Waals surface area contributed by atoms with E-state index in [0.717, 1.165) is 18.7 Å². The Labute approximate surface area is 116 Å². The molecule has 0 spiro atoms. The zero-order chi connectivity index (χ0) is 14.1. The zero-order valence-electron chi connectivity index (χ0n) is 12.5. The van der Waals surface area contributed by atoms with Crippen LogP contribution in [0.3, 0.4) is 0 Å². The number of hydrogen-bond donors (Lipinski definition) is 1. The summed E-state index contributed by atoms with van der Waals surface area (Å²) < 4.78 is 11.1. The van der Waals surface area contributed by atoms with Gasteiger partial charge in [0.2, 0.25) is 0 Å². The predicted molar refractivity (Wildman–Crippen MR) is 80.9 cm³/mol. The van der Waals surface area contributed by atoms with Crippen molar-refractivity contribution in [1.82, 2.24) is 0 Å². The van der Waals surface area contributed by atoms with E-state index in [-0.39, 0.29) is 6.29 Å². The van der Waals surface area contributed by atoms with Crippen LogP contribution in [0, 0.1) is 0 Å². The third kappa shape index (κ3) is 5.49. The van der Waals surface area contributed by atoms with Gasteiger partial charge >= 0.3 is 0 Å². The Morgan fingerprint density at radius 2 is 1.74 bits per heavy atom. The van der Waals surface area contributed by atoms with Crippen LogP contribution in [0.25, 0.3) is 0 Å². The van der Waals surface area contributed by atoms with Crippen molar-refractivity contribution in [2.75, 3.05) is 44.1 Å². The van der Waals surface area contributed by atoms with E-state index < -0.39 is 0 Å². The summed E-state index contributed by atoms with van der Waals surface area (Å²) in [4.78, 5) is 2.10. The maximum atomic E-state index is 5.53. The normalized spacial score (nSPS) is 10.8. The number of benzene rings is 1. The van der Waals surface area contributed by atoms with Gasteiger partial charge in [-0.15, -0.1) is 0 Å². The predicted octanol–water partition coefficient (Wildman–Crippen LogP) is 2.95. The minimum absolute atomic E-state index is 0.117. The fourth-order valence-corrected chi connectivity index (χ4v) is 1.92. The molecule has 0 fully saturated rings. The topological polar surface area (TPSA) is 33.7 Å². The maximum Gasteiger partial charge on any atom is 0.159 e. The molecule has 0 heterocycles. The molecule has 0 atom stereocenters. The molecule has 0 aromatic heterocycles. The Balaban J connectivity index is 2.47. The number of anilines is 2. The third-order valence-corrected chi connectivity index (χ3v) is 2.79. The van der Waals surface area contributed by atoms with Gasteiger partial charge < -0.3 is 19.7 Å². The van der Waals surface area contributed by atoms with E-state index in [1.165, 1.54) is 5.69 Å². The van der Waals surface area contributed by atoms with Gasteiger partial charge in [0.25, 0.3) is 0 Å². The van der Waals surface area contributed by atoms with Crippen molar-refractivity contribution in [2.24, 2.45) is 0 Å². The van der Waals surface area contributed by atoms with Crippen LogP contribution in [-0.2, 0) is 9.47 Å². The summed E-state index contributed by atoms with van der Waals surface area (Å²) >= 11 is 0. The number of nitrogens with zero attached hydrogens (tertiary/aromatic N) is 1. The Hall–Kier alpha value is -1.26. The number of nitrogens with one attached hydrogen (secondary N) is 1. The highest BCUT2D eigenvalue weighted by molar-refractivity contribution is 5.69. The molecule has 19 heavy (non-hydrogen) atoms. The number of para-hydroxylation sites is 2. The highest BCUT2D eigenvalue weighted by Crippen LogP contribution is 2.23. The van der Waals surface area contributed by atoms with E-state index in [2.05, 4.69) is 22.3 Å². The van der Waals surface area contributed by atoms with Crippen molar-refractivity contribution < 1.29 is 9.47 Å². The Morgan fingerprint density at radius 3 is 2.32 bits per heavy atom. The fourth-order valence-electron chi connectivity index (χ4n) is 1.92. The first-order valence-electron chi connectivity index (χ1n) is 6.92. The second-order valence-electron chi connectivity index (χ2n) is 4.47. The van der Waals surface area contributed by atoms with Crippen molar-refractivity contribution in [3.05, 3.63) is 24.3 Å². The van der Waals surface area contributed by atoms with Gasteiger partial charge in [0, 0.05) is 40.3 Å². The van der Waals surface area contributed by atoms with E-state index in [0.29, 0.717) is 13.2 Å². The van der Waals surface area contributed by atoms with Gasteiger partial charge in [-0.3, -0.25) is 0 Å². The molecule has 0 bridgehead atoms. The molecule has 4 nitrogen and oxygen atoms in total. The average molecular weight is 266 g/mol. The number of rotatable bonds is 9. The van der Waals surface area contributed by atoms with Crippen LogP contribution in [-0.4, -0.2) is 40.1 Å².